The zero-order valence-corrected chi connectivity index (χ0v) is 7.66. The van der Waals surface area contributed by atoms with Gasteiger partial charge in [-0.05, 0) is 0 Å². The third-order valence-electron chi connectivity index (χ3n) is 0.632. The van der Waals surface area contributed by atoms with Crippen LogP contribution in [-0.4, -0.2) is 6.29 Å². The van der Waals surface area contributed by atoms with Gasteiger partial charge in [0.05, 0.1) is 0 Å². The van der Waals surface area contributed by atoms with Crippen LogP contribution in [0.15, 0.2) is 0 Å². The SMILES string of the molecule is CCCC[C-]=O.[Ag+].[V]. The molecule has 0 bridgehead atoms. The van der Waals surface area contributed by atoms with Gasteiger partial charge in [-0.1, -0.05) is 19.8 Å². The molecule has 0 heterocycles. The van der Waals surface area contributed by atoms with Crippen LogP contribution < -0.4 is 0 Å². The first kappa shape index (κ1) is 16.0. The van der Waals surface area contributed by atoms with Crippen LogP contribution in [0.5, 0.6) is 0 Å². The van der Waals surface area contributed by atoms with Crippen LogP contribution in [0.25, 0.3) is 0 Å². The van der Waals surface area contributed by atoms with Crippen molar-refractivity contribution in [1.82, 2.24) is 0 Å². The van der Waals surface area contributed by atoms with Crippen molar-refractivity contribution >= 4 is 6.29 Å². The quantitative estimate of drug-likeness (QED) is 0.415. The molecule has 0 saturated heterocycles. The molecule has 0 aliphatic carbocycles. The maximum Gasteiger partial charge on any atom is 1.00 e. The molecule has 0 N–H and O–H groups in total. The second-order valence-electron chi connectivity index (χ2n) is 1.25. The fraction of sp³-hybridized carbons (Fsp3) is 0.800. The third-order valence-corrected chi connectivity index (χ3v) is 0.632. The Morgan fingerprint density at radius 3 is 2.12 bits per heavy atom. The van der Waals surface area contributed by atoms with Crippen LogP contribution >= 0.6 is 0 Å². The Balaban J connectivity index is -0.000000125. The summed E-state index contributed by atoms with van der Waals surface area (Å²) in [4.78, 5) is 9.44. The Labute approximate surface area is 78.0 Å². The van der Waals surface area contributed by atoms with Crippen molar-refractivity contribution in [2.24, 2.45) is 0 Å². The number of rotatable bonds is 3. The fourth-order valence-electron chi connectivity index (χ4n) is 0.249. The summed E-state index contributed by atoms with van der Waals surface area (Å²) in [6, 6.07) is 0. The standard InChI is InChI=1S/C5H9O.Ag.V/c1-2-3-4-5-6;;/h2-4H2,1H3;;/q-1;+1;. The van der Waals surface area contributed by atoms with Crippen LogP contribution in [0, 0.1) is 0 Å². The molecule has 1 nitrogen and oxygen atoms in total. The van der Waals surface area contributed by atoms with Gasteiger partial charge < -0.3 is 4.79 Å². The van der Waals surface area contributed by atoms with Gasteiger partial charge >= 0.3 is 22.4 Å². The van der Waals surface area contributed by atoms with E-state index < -0.39 is 0 Å². The van der Waals surface area contributed by atoms with E-state index in [-0.39, 0.29) is 40.9 Å². The summed E-state index contributed by atoms with van der Waals surface area (Å²) in [6.07, 6.45) is 4.51. The zero-order valence-electron chi connectivity index (χ0n) is 4.78. The van der Waals surface area contributed by atoms with Crippen molar-refractivity contribution in [2.45, 2.75) is 26.2 Å². The summed E-state index contributed by atoms with van der Waals surface area (Å²) in [5.74, 6) is 0. The first-order chi connectivity index (χ1) is 2.91. The van der Waals surface area contributed by atoms with E-state index in [0.29, 0.717) is 6.42 Å². The number of carbonyl (C=O) groups excluding carboxylic acids is 1. The molecule has 3 heteroatoms. The van der Waals surface area contributed by atoms with Gasteiger partial charge in [-0.2, -0.15) is 6.42 Å². The van der Waals surface area contributed by atoms with Crippen LogP contribution in [0.4, 0.5) is 0 Å². The van der Waals surface area contributed by atoms with Crippen molar-refractivity contribution in [3.63, 3.8) is 0 Å². The molecular formula is C5H9AgOV. The van der Waals surface area contributed by atoms with E-state index >= 15 is 0 Å². The van der Waals surface area contributed by atoms with Crippen molar-refractivity contribution < 1.29 is 45.7 Å². The van der Waals surface area contributed by atoms with Gasteiger partial charge in [0.15, 0.2) is 0 Å². The molecule has 0 aromatic carbocycles. The maximum atomic E-state index is 9.44. The van der Waals surface area contributed by atoms with Crippen molar-refractivity contribution in [2.75, 3.05) is 0 Å². The van der Waals surface area contributed by atoms with E-state index in [1.165, 1.54) is 0 Å². The fourth-order valence-corrected chi connectivity index (χ4v) is 0.249. The average Bonchev–Trinajstić information content (AvgIpc) is 1.61. The largest absolute Gasteiger partial charge is 1.00 e. The van der Waals surface area contributed by atoms with E-state index in [1.807, 2.05) is 6.29 Å². The van der Waals surface area contributed by atoms with Crippen LogP contribution in [0.3, 0.4) is 0 Å². The molecule has 8 heavy (non-hydrogen) atoms. The van der Waals surface area contributed by atoms with Gasteiger partial charge in [-0.25, -0.2) is 0 Å². The molecule has 1 radical (unpaired) electrons. The number of hydrogen-bond acceptors (Lipinski definition) is 1. The second kappa shape index (κ2) is 15.7. The minimum Gasteiger partial charge on any atom is -0.542 e. The van der Waals surface area contributed by atoms with Crippen LogP contribution in [0.2, 0.25) is 0 Å². The third kappa shape index (κ3) is 15.8. The summed E-state index contributed by atoms with van der Waals surface area (Å²) in [7, 11) is 0. The van der Waals surface area contributed by atoms with Crippen molar-refractivity contribution in [1.29, 1.82) is 0 Å². The molecule has 51 valence electrons. The van der Waals surface area contributed by atoms with Crippen LogP contribution in [-0.2, 0) is 45.7 Å². The average molecular weight is 244 g/mol. The molecule has 0 aromatic heterocycles. The second-order valence-corrected chi connectivity index (χ2v) is 1.25. The predicted molar refractivity (Wildman–Crippen MR) is 25.2 cm³/mol. The molecule has 0 aliphatic rings. The number of hydrogen-bond donors (Lipinski definition) is 0. The Morgan fingerprint density at radius 1 is 1.50 bits per heavy atom. The molecule has 0 amide bonds. The van der Waals surface area contributed by atoms with Gasteiger partial charge in [0, 0.05) is 18.6 Å². The first-order valence-electron chi connectivity index (χ1n) is 2.26. The molecule has 0 fully saturated rings. The summed E-state index contributed by atoms with van der Waals surface area (Å²) >= 11 is 0. The Morgan fingerprint density at radius 2 is 2.00 bits per heavy atom. The smallest absolute Gasteiger partial charge is 0.542 e. The molecule has 0 rings (SSSR count). The molecule has 0 spiro atoms. The summed E-state index contributed by atoms with van der Waals surface area (Å²) in [5, 5.41) is 0. The van der Waals surface area contributed by atoms with E-state index in [1.54, 1.807) is 0 Å². The Kier molecular flexibility index (Phi) is 31.4. The normalized spacial score (nSPS) is 6.12. The van der Waals surface area contributed by atoms with Gasteiger partial charge in [-0.15, -0.1) is 0 Å². The van der Waals surface area contributed by atoms with Gasteiger partial charge in [-0.3, -0.25) is 6.29 Å². The van der Waals surface area contributed by atoms with E-state index in [0.717, 1.165) is 12.8 Å². The van der Waals surface area contributed by atoms with E-state index in [9.17, 15) is 4.79 Å². The monoisotopic (exact) mass is 243 g/mol. The van der Waals surface area contributed by atoms with E-state index in [2.05, 4.69) is 6.92 Å². The molecule has 0 atom stereocenters. The van der Waals surface area contributed by atoms with Gasteiger partial charge in [0.2, 0.25) is 0 Å². The topological polar surface area (TPSA) is 17.1 Å². The minimum absolute atomic E-state index is 0. The Hall–Kier alpha value is 0.995. The predicted octanol–water partition coefficient (Wildman–Crippen LogP) is 1.28. The minimum atomic E-state index is 0. The zero-order chi connectivity index (χ0) is 4.83. The van der Waals surface area contributed by atoms with Crippen molar-refractivity contribution in [3.05, 3.63) is 0 Å². The van der Waals surface area contributed by atoms with Gasteiger partial charge in [0.25, 0.3) is 0 Å². The Bertz CT molecular complexity index is 41.4. The molecule has 0 aromatic rings. The molecule has 0 unspecified atom stereocenters. The van der Waals surface area contributed by atoms with E-state index in [4.69, 9.17) is 0 Å². The molecule has 0 saturated carbocycles. The van der Waals surface area contributed by atoms with Gasteiger partial charge in [0.1, 0.15) is 0 Å². The van der Waals surface area contributed by atoms with Crippen LogP contribution in [0.1, 0.15) is 26.2 Å². The molecular weight excluding hydrogens is 235 g/mol. The summed E-state index contributed by atoms with van der Waals surface area (Å²) < 4.78 is 0. The number of unbranched alkanes of at least 4 members (excludes halogenated alkanes) is 2. The molecule has 0 aliphatic heterocycles. The first-order valence-corrected chi connectivity index (χ1v) is 2.26. The summed E-state index contributed by atoms with van der Waals surface area (Å²) in [6.45, 7) is 2.05. The maximum absolute atomic E-state index is 9.44. The summed E-state index contributed by atoms with van der Waals surface area (Å²) in [5.41, 5.74) is 0. The van der Waals surface area contributed by atoms with Crippen molar-refractivity contribution in [3.8, 4) is 0 Å².